The summed E-state index contributed by atoms with van der Waals surface area (Å²) in [5.74, 6) is 0. The maximum atomic E-state index is 10.5. The van der Waals surface area contributed by atoms with E-state index in [1.807, 2.05) is 0 Å². The summed E-state index contributed by atoms with van der Waals surface area (Å²) >= 11 is 0. The summed E-state index contributed by atoms with van der Waals surface area (Å²) in [6.07, 6.45) is 1.54. The molecule has 0 fully saturated rings. The SMILES string of the molecule is CCCCOC(C)N(CC)[N+](=O)[O-]. The second-order valence-electron chi connectivity index (χ2n) is 2.82. The second kappa shape index (κ2) is 6.65. The van der Waals surface area contributed by atoms with Gasteiger partial charge in [-0.25, -0.2) is 10.1 Å². The van der Waals surface area contributed by atoms with E-state index in [2.05, 4.69) is 6.92 Å². The summed E-state index contributed by atoms with van der Waals surface area (Å²) in [6, 6.07) is 0. The number of unbranched alkanes of at least 4 members (excludes halogenated alkanes) is 1. The van der Waals surface area contributed by atoms with Crippen molar-refractivity contribution in [2.45, 2.75) is 39.8 Å². The molecule has 0 aromatic carbocycles. The van der Waals surface area contributed by atoms with Gasteiger partial charge in [0.25, 0.3) is 0 Å². The van der Waals surface area contributed by atoms with Crippen LogP contribution < -0.4 is 0 Å². The molecule has 1 unspecified atom stereocenters. The Morgan fingerprint density at radius 1 is 1.54 bits per heavy atom. The minimum Gasteiger partial charge on any atom is -0.353 e. The van der Waals surface area contributed by atoms with Gasteiger partial charge < -0.3 is 4.74 Å². The lowest BCUT2D eigenvalue weighted by molar-refractivity contribution is -0.674. The zero-order valence-corrected chi connectivity index (χ0v) is 8.52. The lowest BCUT2D eigenvalue weighted by atomic mass is 10.4. The van der Waals surface area contributed by atoms with Crippen molar-refractivity contribution in [3.63, 3.8) is 0 Å². The average Bonchev–Trinajstić information content (AvgIpc) is 2.05. The summed E-state index contributed by atoms with van der Waals surface area (Å²) < 4.78 is 5.28. The summed E-state index contributed by atoms with van der Waals surface area (Å²) in [6.45, 7) is 6.44. The number of hydrogen-bond acceptors (Lipinski definition) is 3. The molecule has 0 amide bonds. The Bertz CT molecular complexity index is 152. The molecule has 0 saturated carbocycles. The maximum absolute atomic E-state index is 10.5. The maximum Gasteiger partial charge on any atom is 0.184 e. The summed E-state index contributed by atoms with van der Waals surface area (Å²) in [5, 5.41) is 11.1. The normalized spacial score (nSPS) is 12.5. The smallest absolute Gasteiger partial charge is 0.184 e. The highest BCUT2D eigenvalue weighted by Gasteiger charge is 2.19. The fourth-order valence-electron chi connectivity index (χ4n) is 0.990. The van der Waals surface area contributed by atoms with E-state index >= 15 is 0 Å². The molecule has 0 aromatic heterocycles. The molecule has 0 saturated heterocycles. The quantitative estimate of drug-likeness (QED) is 0.265. The molecule has 5 heteroatoms. The van der Waals surface area contributed by atoms with Crippen LogP contribution in [0.15, 0.2) is 0 Å². The predicted octanol–water partition coefficient (Wildman–Crippen LogP) is 1.66. The van der Waals surface area contributed by atoms with Crippen LogP contribution in [0, 0.1) is 10.1 Å². The molecule has 0 spiro atoms. The van der Waals surface area contributed by atoms with Gasteiger partial charge in [-0.2, -0.15) is 0 Å². The van der Waals surface area contributed by atoms with Crippen molar-refractivity contribution >= 4 is 0 Å². The van der Waals surface area contributed by atoms with Crippen molar-refractivity contribution in [3.8, 4) is 0 Å². The lowest BCUT2D eigenvalue weighted by Crippen LogP contribution is -2.39. The van der Waals surface area contributed by atoms with Crippen molar-refractivity contribution in [1.82, 2.24) is 5.01 Å². The number of hydrogen-bond donors (Lipinski definition) is 0. The van der Waals surface area contributed by atoms with Crippen LogP contribution in [0.25, 0.3) is 0 Å². The molecule has 1 atom stereocenters. The van der Waals surface area contributed by atoms with Crippen LogP contribution in [0.1, 0.15) is 33.6 Å². The van der Waals surface area contributed by atoms with Gasteiger partial charge >= 0.3 is 0 Å². The highest BCUT2D eigenvalue weighted by Crippen LogP contribution is 2.01. The standard InChI is InChI=1S/C8H18N2O3/c1-4-6-7-13-8(3)9(5-2)10(11)12/h8H,4-7H2,1-3H3. The van der Waals surface area contributed by atoms with Crippen LogP contribution in [0.4, 0.5) is 0 Å². The van der Waals surface area contributed by atoms with Gasteiger partial charge in [0.15, 0.2) is 11.3 Å². The first kappa shape index (κ1) is 12.2. The number of nitrogens with zero attached hydrogens (tertiary/aromatic N) is 2. The second-order valence-corrected chi connectivity index (χ2v) is 2.82. The Morgan fingerprint density at radius 2 is 2.15 bits per heavy atom. The molecule has 78 valence electrons. The molecular weight excluding hydrogens is 172 g/mol. The van der Waals surface area contributed by atoms with Crippen molar-refractivity contribution in [2.75, 3.05) is 13.2 Å². The molecule has 0 aliphatic rings. The number of rotatable bonds is 7. The minimum absolute atomic E-state index is 0.361. The van der Waals surface area contributed by atoms with Crippen LogP contribution in [-0.2, 0) is 4.74 Å². The Balaban J connectivity index is 3.77. The molecule has 0 rings (SSSR count). The molecule has 0 aliphatic heterocycles. The van der Waals surface area contributed by atoms with E-state index in [0.717, 1.165) is 17.9 Å². The van der Waals surface area contributed by atoms with Gasteiger partial charge in [0, 0.05) is 6.61 Å². The summed E-state index contributed by atoms with van der Waals surface area (Å²) in [7, 11) is 0. The van der Waals surface area contributed by atoms with Crippen molar-refractivity contribution in [1.29, 1.82) is 0 Å². The van der Waals surface area contributed by atoms with E-state index in [1.54, 1.807) is 13.8 Å². The first-order chi connectivity index (χ1) is 6.13. The third-order valence-corrected chi connectivity index (χ3v) is 1.81. The number of hydrazine groups is 1. The lowest BCUT2D eigenvalue weighted by Gasteiger charge is -2.19. The Labute approximate surface area is 78.8 Å². The van der Waals surface area contributed by atoms with Gasteiger partial charge in [-0.05, 0) is 20.3 Å². The largest absolute Gasteiger partial charge is 0.353 e. The first-order valence-electron chi connectivity index (χ1n) is 4.66. The van der Waals surface area contributed by atoms with Gasteiger partial charge in [-0.1, -0.05) is 13.3 Å². The zero-order chi connectivity index (χ0) is 10.3. The third kappa shape index (κ3) is 4.67. The van der Waals surface area contributed by atoms with Gasteiger partial charge in [-0.3, -0.25) is 0 Å². The molecule has 0 heterocycles. The molecule has 0 N–H and O–H groups in total. The predicted molar refractivity (Wildman–Crippen MR) is 49.7 cm³/mol. The van der Waals surface area contributed by atoms with Crippen molar-refractivity contribution in [3.05, 3.63) is 10.1 Å². The van der Waals surface area contributed by atoms with Crippen LogP contribution in [-0.4, -0.2) is 29.4 Å². The summed E-state index contributed by atoms with van der Waals surface area (Å²) in [4.78, 5) is 10.5. The van der Waals surface area contributed by atoms with E-state index in [9.17, 15) is 10.1 Å². The number of ether oxygens (including phenoxy) is 1. The molecule has 0 bridgehead atoms. The summed E-state index contributed by atoms with van der Waals surface area (Å²) in [5.41, 5.74) is 0. The monoisotopic (exact) mass is 190 g/mol. The molecule has 13 heavy (non-hydrogen) atoms. The Kier molecular flexibility index (Phi) is 6.22. The van der Waals surface area contributed by atoms with Gasteiger partial charge in [0.05, 0.1) is 6.54 Å². The fraction of sp³-hybridized carbons (Fsp3) is 1.00. The first-order valence-corrected chi connectivity index (χ1v) is 4.66. The third-order valence-electron chi connectivity index (χ3n) is 1.81. The molecule has 5 nitrogen and oxygen atoms in total. The van der Waals surface area contributed by atoms with E-state index in [4.69, 9.17) is 4.74 Å². The molecular formula is C8H18N2O3. The number of nitro groups is 1. The minimum atomic E-state index is -0.438. The van der Waals surface area contributed by atoms with Crippen molar-refractivity contribution < 1.29 is 9.77 Å². The average molecular weight is 190 g/mol. The highest BCUT2D eigenvalue weighted by molar-refractivity contribution is 4.44. The highest BCUT2D eigenvalue weighted by atomic mass is 16.7. The van der Waals surface area contributed by atoms with Gasteiger partial charge in [0.1, 0.15) is 0 Å². The Hall–Kier alpha value is -0.840. The molecule has 0 aromatic rings. The van der Waals surface area contributed by atoms with E-state index < -0.39 is 11.3 Å². The molecule has 0 aliphatic carbocycles. The van der Waals surface area contributed by atoms with E-state index in [-0.39, 0.29) is 0 Å². The van der Waals surface area contributed by atoms with Gasteiger partial charge in [-0.15, -0.1) is 5.01 Å². The molecule has 0 radical (unpaired) electrons. The van der Waals surface area contributed by atoms with Crippen molar-refractivity contribution in [2.24, 2.45) is 0 Å². The fourth-order valence-corrected chi connectivity index (χ4v) is 0.990. The van der Waals surface area contributed by atoms with Gasteiger partial charge in [0.2, 0.25) is 0 Å². The van der Waals surface area contributed by atoms with Crippen LogP contribution in [0.2, 0.25) is 0 Å². The van der Waals surface area contributed by atoms with Crippen LogP contribution in [0.3, 0.4) is 0 Å². The topological polar surface area (TPSA) is 55.6 Å². The van der Waals surface area contributed by atoms with E-state index in [1.165, 1.54) is 0 Å². The zero-order valence-electron chi connectivity index (χ0n) is 8.52. The van der Waals surface area contributed by atoms with Crippen LogP contribution >= 0.6 is 0 Å². The van der Waals surface area contributed by atoms with Crippen LogP contribution in [0.5, 0.6) is 0 Å². The van der Waals surface area contributed by atoms with E-state index in [0.29, 0.717) is 13.2 Å². The Morgan fingerprint density at radius 3 is 2.54 bits per heavy atom.